The first-order chi connectivity index (χ1) is 9.83. The Morgan fingerprint density at radius 2 is 2.50 bits per heavy atom. The highest BCUT2D eigenvalue weighted by molar-refractivity contribution is 5.81. The van der Waals surface area contributed by atoms with E-state index in [-0.39, 0.29) is 11.9 Å². The van der Waals surface area contributed by atoms with Crippen LogP contribution in [0.2, 0.25) is 0 Å². The van der Waals surface area contributed by atoms with Gasteiger partial charge in [-0.25, -0.2) is 4.98 Å². The molecule has 6 heteroatoms. The second kappa shape index (κ2) is 6.02. The van der Waals surface area contributed by atoms with Crippen molar-refractivity contribution in [3.8, 4) is 0 Å². The monoisotopic (exact) mass is 274 g/mol. The van der Waals surface area contributed by atoms with Gasteiger partial charge in [0.15, 0.2) is 0 Å². The lowest BCUT2D eigenvalue weighted by molar-refractivity contribution is -0.125. The molecule has 3 heterocycles. The molecular weight excluding hydrogens is 256 g/mol. The zero-order valence-corrected chi connectivity index (χ0v) is 11.2. The van der Waals surface area contributed by atoms with Crippen molar-refractivity contribution in [3.63, 3.8) is 0 Å². The lowest BCUT2D eigenvalue weighted by atomic mass is 10.2. The number of aromatic nitrogens is 2. The van der Waals surface area contributed by atoms with E-state index in [1.807, 2.05) is 35.0 Å². The van der Waals surface area contributed by atoms with Crippen LogP contribution >= 0.6 is 0 Å². The van der Waals surface area contributed by atoms with E-state index in [1.54, 1.807) is 0 Å². The molecule has 20 heavy (non-hydrogen) atoms. The summed E-state index contributed by atoms with van der Waals surface area (Å²) in [6, 6.07) is 5.66. The number of morpholine rings is 1. The number of carbonyl (C=O) groups excluding carboxylic acids is 1. The second-order valence-electron chi connectivity index (χ2n) is 4.82. The van der Waals surface area contributed by atoms with E-state index < -0.39 is 0 Å². The van der Waals surface area contributed by atoms with Gasteiger partial charge in [0.25, 0.3) is 0 Å². The van der Waals surface area contributed by atoms with Gasteiger partial charge in [0.1, 0.15) is 11.7 Å². The minimum Gasteiger partial charge on any atom is -0.378 e. The molecule has 1 amide bonds. The summed E-state index contributed by atoms with van der Waals surface area (Å²) < 4.78 is 7.25. The zero-order valence-electron chi connectivity index (χ0n) is 11.2. The van der Waals surface area contributed by atoms with Crippen molar-refractivity contribution in [2.24, 2.45) is 0 Å². The predicted molar refractivity (Wildman–Crippen MR) is 74.5 cm³/mol. The number of imidazole rings is 1. The van der Waals surface area contributed by atoms with Gasteiger partial charge in [-0.1, -0.05) is 6.07 Å². The molecule has 0 saturated carbocycles. The van der Waals surface area contributed by atoms with Gasteiger partial charge in [-0.3, -0.25) is 4.79 Å². The fourth-order valence-electron chi connectivity index (χ4n) is 2.28. The van der Waals surface area contributed by atoms with Crippen LogP contribution in [0.3, 0.4) is 0 Å². The number of pyridine rings is 1. The maximum atomic E-state index is 11.9. The highest BCUT2D eigenvalue weighted by Gasteiger charge is 2.20. The number of nitrogens with one attached hydrogen (secondary N) is 2. The van der Waals surface area contributed by atoms with E-state index in [1.165, 1.54) is 0 Å². The Morgan fingerprint density at radius 3 is 3.30 bits per heavy atom. The van der Waals surface area contributed by atoms with Crippen molar-refractivity contribution >= 4 is 11.6 Å². The molecule has 1 aliphatic rings. The lowest BCUT2D eigenvalue weighted by Gasteiger charge is -2.22. The van der Waals surface area contributed by atoms with Gasteiger partial charge in [-0.15, -0.1) is 0 Å². The van der Waals surface area contributed by atoms with E-state index in [0.29, 0.717) is 19.8 Å². The third kappa shape index (κ3) is 2.97. The van der Waals surface area contributed by atoms with Crippen LogP contribution in [0.5, 0.6) is 0 Å². The number of rotatable bonds is 4. The largest absolute Gasteiger partial charge is 0.378 e. The van der Waals surface area contributed by atoms with Gasteiger partial charge < -0.3 is 19.8 Å². The SMILES string of the molecule is O=C(NCCc1cn2ccccc2n1)C1COCCN1. The van der Waals surface area contributed by atoms with Crippen molar-refractivity contribution in [3.05, 3.63) is 36.3 Å². The topological polar surface area (TPSA) is 67.7 Å². The van der Waals surface area contributed by atoms with E-state index in [0.717, 1.165) is 24.3 Å². The summed E-state index contributed by atoms with van der Waals surface area (Å²) in [6.45, 7) is 2.43. The van der Waals surface area contributed by atoms with Crippen molar-refractivity contribution in [2.75, 3.05) is 26.3 Å². The molecule has 106 valence electrons. The highest BCUT2D eigenvalue weighted by atomic mass is 16.5. The number of carbonyl (C=O) groups is 1. The first-order valence-corrected chi connectivity index (χ1v) is 6.84. The summed E-state index contributed by atoms with van der Waals surface area (Å²) in [6.07, 6.45) is 4.68. The lowest BCUT2D eigenvalue weighted by Crippen LogP contribution is -2.51. The van der Waals surface area contributed by atoms with Crippen LogP contribution in [0.25, 0.3) is 5.65 Å². The first kappa shape index (κ1) is 13.1. The van der Waals surface area contributed by atoms with E-state index in [4.69, 9.17) is 4.74 Å². The summed E-state index contributed by atoms with van der Waals surface area (Å²) in [5, 5.41) is 6.05. The molecule has 0 spiro atoms. The molecule has 0 aliphatic carbocycles. The molecule has 0 bridgehead atoms. The van der Waals surface area contributed by atoms with E-state index in [9.17, 15) is 4.79 Å². The van der Waals surface area contributed by atoms with Crippen molar-refractivity contribution in [2.45, 2.75) is 12.5 Å². The summed E-state index contributed by atoms with van der Waals surface area (Å²) >= 11 is 0. The van der Waals surface area contributed by atoms with Gasteiger partial charge >= 0.3 is 0 Å². The number of ether oxygens (including phenoxy) is 1. The fourth-order valence-corrected chi connectivity index (χ4v) is 2.28. The summed E-state index contributed by atoms with van der Waals surface area (Å²) in [4.78, 5) is 16.4. The number of hydrogen-bond donors (Lipinski definition) is 2. The minimum atomic E-state index is -0.232. The Bertz CT molecular complexity index is 557. The predicted octanol–water partition coefficient (Wildman–Crippen LogP) is -0.0186. The third-order valence-corrected chi connectivity index (χ3v) is 3.33. The van der Waals surface area contributed by atoms with Crippen LogP contribution in [0, 0.1) is 0 Å². The summed E-state index contributed by atoms with van der Waals surface area (Å²) in [5.74, 6) is -0.00605. The Kier molecular flexibility index (Phi) is 3.94. The Morgan fingerprint density at radius 1 is 1.55 bits per heavy atom. The van der Waals surface area contributed by atoms with E-state index >= 15 is 0 Å². The number of amides is 1. The quantitative estimate of drug-likeness (QED) is 0.822. The maximum absolute atomic E-state index is 11.9. The number of fused-ring (bicyclic) bond motifs is 1. The van der Waals surface area contributed by atoms with Gasteiger partial charge in [-0.05, 0) is 12.1 Å². The Balaban J connectivity index is 1.50. The fraction of sp³-hybridized carbons (Fsp3) is 0.429. The van der Waals surface area contributed by atoms with Crippen molar-refractivity contribution in [1.82, 2.24) is 20.0 Å². The summed E-state index contributed by atoms with van der Waals surface area (Å²) in [7, 11) is 0. The molecule has 2 N–H and O–H groups in total. The standard InChI is InChI=1S/C14H18N4O2/c19-14(12-10-20-8-6-15-12)16-5-4-11-9-18-7-2-1-3-13(18)17-11/h1-3,7,9,12,15H,4-6,8,10H2,(H,16,19). The molecule has 2 aromatic rings. The third-order valence-electron chi connectivity index (χ3n) is 3.33. The maximum Gasteiger partial charge on any atom is 0.239 e. The average Bonchev–Trinajstić information content (AvgIpc) is 2.90. The molecule has 1 unspecified atom stereocenters. The molecule has 0 aromatic carbocycles. The Hall–Kier alpha value is -1.92. The molecule has 1 saturated heterocycles. The van der Waals surface area contributed by atoms with Gasteiger partial charge in [0, 0.05) is 31.9 Å². The van der Waals surface area contributed by atoms with Crippen LogP contribution in [0.1, 0.15) is 5.69 Å². The van der Waals surface area contributed by atoms with Crippen LogP contribution in [-0.2, 0) is 16.0 Å². The second-order valence-corrected chi connectivity index (χ2v) is 4.82. The molecule has 2 aromatic heterocycles. The van der Waals surface area contributed by atoms with Crippen LogP contribution in [0.15, 0.2) is 30.6 Å². The molecule has 3 rings (SSSR count). The Labute approximate surface area is 117 Å². The average molecular weight is 274 g/mol. The van der Waals surface area contributed by atoms with Gasteiger partial charge in [0.2, 0.25) is 5.91 Å². The van der Waals surface area contributed by atoms with Gasteiger partial charge in [0.05, 0.1) is 18.9 Å². The molecule has 1 fully saturated rings. The van der Waals surface area contributed by atoms with Crippen molar-refractivity contribution < 1.29 is 9.53 Å². The number of hydrogen-bond acceptors (Lipinski definition) is 4. The van der Waals surface area contributed by atoms with Crippen molar-refractivity contribution in [1.29, 1.82) is 0 Å². The van der Waals surface area contributed by atoms with Gasteiger partial charge in [-0.2, -0.15) is 0 Å². The first-order valence-electron chi connectivity index (χ1n) is 6.84. The minimum absolute atomic E-state index is 0.00605. The molecular formula is C14H18N4O2. The molecule has 6 nitrogen and oxygen atoms in total. The highest BCUT2D eigenvalue weighted by Crippen LogP contribution is 2.04. The smallest absolute Gasteiger partial charge is 0.239 e. The number of nitrogens with zero attached hydrogens (tertiary/aromatic N) is 2. The van der Waals surface area contributed by atoms with Crippen LogP contribution in [-0.4, -0.2) is 47.6 Å². The normalized spacial score (nSPS) is 19.1. The van der Waals surface area contributed by atoms with Crippen LogP contribution < -0.4 is 10.6 Å². The zero-order chi connectivity index (χ0) is 13.8. The van der Waals surface area contributed by atoms with Crippen LogP contribution in [0.4, 0.5) is 0 Å². The molecule has 1 atom stereocenters. The molecule has 0 radical (unpaired) electrons. The van der Waals surface area contributed by atoms with E-state index in [2.05, 4.69) is 15.6 Å². The summed E-state index contributed by atoms with van der Waals surface area (Å²) in [5.41, 5.74) is 1.90. The molecule has 1 aliphatic heterocycles.